The first-order chi connectivity index (χ1) is 28.5. The number of aliphatic hydroxyl groups excluding tert-OH is 2. The van der Waals surface area contributed by atoms with Crippen LogP contribution in [0.25, 0.3) is 9.69 Å². The van der Waals surface area contributed by atoms with E-state index in [1.807, 2.05) is 26.0 Å². The summed E-state index contributed by atoms with van der Waals surface area (Å²) < 4.78 is 0. The number of hydrogen-bond donors (Lipinski definition) is 9. The first-order valence-corrected chi connectivity index (χ1v) is 18.6. The highest BCUT2D eigenvalue weighted by atomic mass is 35.5. The topological polar surface area (TPSA) is 294 Å². The molecule has 318 valence electrons. The number of carboxylic acids is 1. The standard InChI is InChI=1S/C21H20ClN5O3.C13H15ClN2O3.C8H6N2O.H3N/c1-4-15-16(9-10-17(24-3)18(15)22)25-19(12(2)28)21(30)27-26-20(29)14-7-5-13(11-23)6-8-14;1-4-8-9(5-6-10(15-3)11(8)14)16-12(7(2)17)13(18)19;9-5-6-1-3-7(4-2-6)8(10)11;/h5-10,12,19,25,28H,4H2,1-2H3,(H,26,29)(H,27,30);5-7,12,16-17H,4H2,1-2H3,(H,18,19);1-4H,(H2,10,11);1H3/t12-,19-;7-,12-;;/m11../s1. The van der Waals surface area contributed by atoms with Crippen LogP contribution in [0.3, 0.4) is 0 Å². The van der Waals surface area contributed by atoms with Crippen molar-refractivity contribution in [1.82, 2.24) is 17.0 Å². The zero-order valence-corrected chi connectivity index (χ0v) is 35.0. The maximum atomic E-state index is 12.6. The fourth-order valence-corrected chi connectivity index (χ4v) is 5.84. The zero-order chi connectivity index (χ0) is 45.1. The zero-order valence-electron chi connectivity index (χ0n) is 33.5. The van der Waals surface area contributed by atoms with E-state index in [0.717, 1.165) is 0 Å². The van der Waals surface area contributed by atoms with Crippen molar-refractivity contribution >= 4 is 69.6 Å². The molecule has 19 heteroatoms. The quantitative estimate of drug-likeness (QED) is 0.0547. The molecular weight excluding hydrogens is 827 g/mol. The van der Waals surface area contributed by atoms with Gasteiger partial charge in [-0.1, -0.05) is 49.2 Å². The molecule has 0 saturated heterocycles. The number of nitriles is 2. The van der Waals surface area contributed by atoms with Gasteiger partial charge in [0.15, 0.2) is 6.04 Å². The Bertz CT molecular complexity index is 2350. The van der Waals surface area contributed by atoms with Crippen molar-refractivity contribution in [3.63, 3.8) is 0 Å². The summed E-state index contributed by atoms with van der Waals surface area (Å²) in [6, 6.07) is 20.0. The van der Waals surface area contributed by atoms with Gasteiger partial charge in [-0.2, -0.15) is 10.5 Å². The number of benzene rings is 4. The van der Waals surface area contributed by atoms with Gasteiger partial charge in [0.2, 0.25) is 17.3 Å². The van der Waals surface area contributed by atoms with Gasteiger partial charge in [-0.15, -0.1) is 0 Å². The van der Waals surface area contributed by atoms with Gasteiger partial charge >= 0.3 is 5.97 Å². The highest BCUT2D eigenvalue weighted by molar-refractivity contribution is 6.35. The van der Waals surface area contributed by atoms with Crippen LogP contribution in [-0.2, 0) is 22.4 Å². The molecule has 0 heterocycles. The molecule has 0 aliphatic carbocycles. The van der Waals surface area contributed by atoms with E-state index in [2.05, 4.69) is 31.2 Å². The third-order valence-electron chi connectivity index (χ3n) is 8.40. The molecule has 4 rings (SSSR count). The molecule has 17 nitrogen and oxygen atoms in total. The van der Waals surface area contributed by atoms with Crippen molar-refractivity contribution < 1.29 is 34.5 Å². The first kappa shape index (κ1) is 51.8. The van der Waals surface area contributed by atoms with Crippen molar-refractivity contribution in [3.05, 3.63) is 139 Å². The lowest BCUT2D eigenvalue weighted by Gasteiger charge is -2.24. The first-order valence-electron chi connectivity index (χ1n) is 17.9. The molecule has 0 aliphatic rings. The molecule has 0 aliphatic heterocycles. The molecular formula is C42H44Cl2N10O7. The normalized spacial score (nSPS) is 11.7. The van der Waals surface area contributed by atoms with Gasteiger partial charge in [0.05, 0.1) is 58.7 Å². The van der Waals surface area contributed by atoms with Crippen molar-refractivity contribution in [1.29, 1.82) is 10.5 Å². The monoisotopic (exact) mass is 870 g/mol. The second-order valence-electron chi connectivity index (χ2n) is 12.5. The molecule has 0 saturated carbocycles. The van der Waals surface area contributed by atoms with Crippen LogP contribution in [0.1, 0.15) is 70.7 Å². The average Bonchev–Trinajstić information content (AvgIpc) is 3.23. The van der Waals surface area contributed by atoms with Crippen LogP contribution in [0.2, 0.25) is 10.0 Å². The molecule has 12 N–H and O–H groups in total. The molecule has 3 amide bonds. The number of hydrazine groups is 1. The number of aliphatic hydroxyl groups is 2. The average molecular weight is 872 g/mol. The summed E-state index contributed by atoms with van der Waals surface area (Å²) in [7, 11) is 0. The van der Waals surface area contributed by atoms with E-state index in [1.54, 1.807) is 24.3 Å². The van der Waals surface area contributed by atoms with E-state index in [9.17, 15) is 29.4 Å². The summed E-state index contributed by atoms with van der Waals surface area (Å²) in [5, 5.41) is 52.0. The van der Waals surface area contributed by atoms with Gasteiger partial charge in [0.1, 0.15) is 6.04 Å². The molecule has 4 aromatic rings. The third kappa shape index (κ3) is 14.8. The van der Waals surface area contributed by atoms with E-state index in [1.165, 1.54) is 62.4 Å². The van der Waals surface area contributed by atoms with Crippen molar-refractivity contribution in [2.75, 3.05) is 10.6 Å². The van der Waals surface area contributed by atoms with E-state index in [0.29, 0.717) is 68.4 Å². The van der Waals surface area contributed by atoms with Gasteiger partial charge in [-0.3, -0.25) is 25.2 Å². The SMILES string of the molecule is N.N#Cc1ccc(C(N)=O)cc1.[C-]#[N+]c1ccc(N[C@@H](C(=O)NNC(=O)c2ccc(C#N)cc2)[C@@H](C)O)c(CC)c1Cl.[C-]#[N+]c1ccc(N[C@@H](C(=O)O)[C@@H](C)O)c(CC)c1Cl. The van der Waals surface area contributed by atoms with E-state index >= 15 is 0 Å². The summed E-state index contributed by atoms with van der Waals surface area (Å²) in [5.41, 5.74) is 14.1. The highest BCUT2D eigenvalue weighted by Crippen LogP contribution is 2.36. The second-order valence-corrected chi connectivity index (χ2v) is 13.3. The number of nitrogens with zero attached hydrogens (tertiary/aromatic N) is 4. The van der Waals surface area contributed by atoms with Gasteiger partial charge in [0.25, 0.3) is 11.8 Å². The van der Waals surface area contributed by atoms with E-state index < -0.39 is 48.0 Å². The lowest BCUT2D eigenvalue weighted by atomic mass is 10.1. The van der Waals surface area contributed by atoms with Crippen LogP contribution in [0.15, 0.2) is 72.8 Å². The molecule has 4 aromatic carbocycles. The van der Waals surface area contributed by atoms with Crippen molar-refractivity contribution in [2.45, 2.75) is 64.8 Å². The number of carbonyl (C=O) groups excluding carboxylic acids is 3. The molecule has 0 bridgehead atoms. The minimum atomic E-state index is -1.15. The Kier molecular flexibility index (Phi) is 21.5. The van der Waals surface area contributed by atoms with Crippen LogP contribution in [0.5, 0.6) is 0 Å². The number of hydrogen-bond acceptors (Lipinski definition) is 11. The number of rotatable bonds is 12. The number of amides is 3. The lowest BCUT2D eigenvalue weighted by Crippen LogP contribution is -2.52. The van der Waals surface area contributed by atoms with Crippen LogP contribution in [0.4, 0.5) is 22.7 Å². The summed E-state index contributed by atoms with van der Waals surface area (Å²) in [6.45, 7) is 20.7. The number of anilines is 2. The van der Waals surface area contributed by atoms with Crippen molar-refractivity contribution in [3.8, 4) is 12.1 Å². The van der Waals surface area contributed by atoms with Crippen LogP contribution in [-0.4, -0.2) is 63.3 Å². The van der Waals surface area contributed by atoms with Gasteiger partial charge in [-0.05, 0) is 98.5 Å². The summed E-state index contributed by atoms with van der Waals surface area (Å²) in [4.78, 5) is 53.0. The molecule has 0 unspecified atom stereocenters. The Morgan fingerprint density at radius 3 is 1.43 bits per heavy atom. The van der Waals surface area contributed by atoms with E-state index in [4.69, 9.17) is 57.7 Å². The molecule has 61 heavy (non-hydrogen) atoms. The Morgan fingerprint density at radius 1 is 0.705 bits per heavy atom. The van der Waals surface area contributed by atoms with E-state index in [-0.39, 0.29) is 16.7 Å². The largest absolute Gasteiger partial charge is 0.480 e. The van der Waals surface area contributed by atoms with Crippen molar-refractivity contribution in [2.24, 2.45) is 5.73 Å². The summed E-state index contributed by atoms with van der Waals surface area (Å²) >= 11 is 12.3. The number of aliphatic carboxylic acids is 1. The Labute approximate surface area is 362 Å². The third-order valence-corrected chi connectivity index (χ3v) is 9.25. The molecule has 0 aromatic heterocycles. The smallest absolute Gasteiger partial charge is 0.328 e. The Morgan fingerprint density at radius 2 is 1.10 bits per heavy atom. The number of nitrogens with one attached hydrogen (secondary N) is 4. The fraction of sp³-hybridized carbons (Fsp3) is 0.238. The summed E-state index contributed by atoms with van der Waals surface area (Å²) in [6.07, 6.45) is -1.09. The van der Waals surface area contributed by atoms with Crippen LogP contribution in [0, 0.1) is 35.8 Å². The lowest BCUT2D eigenvalue weighted by molar-refractivity contribution is -0.140. The number of halogens is 2. The molecule has 4 atom stereocenters. The maximum Gasteiger partial charge on any atom is 0.328 e. The minimum Gasteiger partial charge on any atom is -0.480 e. The number of carbonyl (C=O) groups is 4. The molecule has 0 spiro atoms. The predicted molar refractivity (Wildman–Crippen MR) is 231 cm³/mol. The molecule has 0 fully saturated rings. The Hall–Kier alpha value is -7.22. The number of nitrogens with two attached hydrogens (primary N) is 1. The van der Waals surface area contributed by atoms with Gasteiger partial charge in [-0.25, -0.2) is 14.5 Å². The van der Waals surface area contributed by atoms with Crippen LogP contribution >= 0.6 is 23.2 Å². The summed E-state index contributed by atoms with van der Waals surface area (Å²) in [5.74, 6) is -2.87. The molecule has 0 radical (unpaired) electrons. The number of carboxylic acid groups (broad SMARTS) is 1. The van der Waals surface area contributed by atoms with Crippen LogP contribution < -0.4 is 33.4 Å². The second kappa shape index (κ2) is 25.3. The minimum absolute atomic E-state index is 0. The van der Waals surface area contributed by atoms with Gasteiger partial charge in [0, 0.05) is 22.5 Å². The highest BCUT2D eigenvalue weighted by Gasteiger charge is 2.26. The van der Waals surface area contributed by atoms with Gasteiger partial charge < -0.3 is 37.8 Å². The fourth-order valence-electron chi connectivity index (χ4n) is 5.15. The number of primary amides is 1. The maximum absolute atomic E-state index is 12.6. The predicted octanol–water partition coefficient (Wildman–Crippen LogP) is 6.47. The Balaban J connectivity index is 0.000000510.